The number of nitrogens with zero attached hydrogens (tertiary/aromatic N) is 5. The summed E-state index contributed by atoms with van der Waals surface area (Å²) in [6.45, 7) is 7.87. The summed E-state index contributed by atoms with van der Waals surface area (Å²) in [5.74, 6) is 3.50. The Morgan fingerprint density at radius 3 is 2.57 bits per heavy atom. The normalized spacial score (nSPS) is 11.0. The van der Waals surface area contributed by atoms with Crippen molar-refractivity contribution < 1.29 is 4.74 Å². The third-order valence-electron chi connectivity index (χ3n) is 4.92. The molecule has 2 aromatic rings. The first-order chi connectivity index (χ1) is 14.0. The highest BCUT2D eigenvalue weighted by atomic mass is 127. The van der Waals surface area contributed by atoms with Gasteiger partial charge in [0.05, 0.1) is 20.2 Å². The number of halogens is 1. The average molecular weight is 526 g/mol. The number of aromatic nitrogens is 3. The van der Waals surface area contributed by atoms with Crippen LogP contribution in [0.3, 0.4) is 0 Å². The quantitative estimate of drug-likeness (QED) is 0.157. The van der Waals surface area contributed by atoms with E-state index in [2.05, 4.69) is 34.0 Å². The minimum absolute atomic E-state index is 0. The molecule has 166 valence electrons. The van der Waals surface area contributed by atoms with Gasteiger partial charge in [0, 0.05) is 20.6 Å². The molecule has 30 heavy (non-hydrogen) atoms. The molecule has 0 amide bonds. The number of hydrogen-bond donors (Lipinski definition) is 1. The summed E-state index contributed by atoms with van der Waals surface area (Å²) >= 11 is 0. The zero-order chi connectivity index (χ0) is 21.1. The van der Waals surface area contributed by atoms with Gasteiger partial charge in [-0.05, 0) is 43.9 Å². The predicted octanol–water partition coefficient (Wildman–Crippen LogP) is 4.07. The molecular formula is C22H35IN6O. The van der Waals surface area contributed by atoms with Crippen LogP contribution in [0.1, 0.15) is 42.9 Å². The number of hydrogen-bond acceptors (Lipinski definition) is 4. The van der Waals surface area contributed by atoms with Crippen LogP contribution in [0.25, 0.3) is 0 Å². The summed E-state index contributed by atoms with van der Waals surface area (Å²) < 4.78 is 7.22. The van der Waals surface area contributed by atoms with E-state index in [1.807, 2.05) is 48.9 Å². The minimum Gasteiger partial charge on any atom is -0.497 e. The zero-order valence-electron chi connectivity index (χ0n) is 18.6. The van der Waals surface area contributed by atoms with Gasteiger partial charge in [0.15, 0.2) is 11.8 Å². The molecule has 1 N–H and O–H groups in total. The van der Waals surface area contributed by atoms with Crippen LogP contribution >= 0.6 is 24.0 Å². The zero-order valence-corrected chi connectivity index (χ0v) is 20.9. The van der Waals surface area contributed by atoms with Gasteiger partial charge in [-0.2, -0.15) is 0 Å². The first-order valence-corrected chi connectivity index (χ1v) is 10.1. The molecule has 0 bridgehead atoms. The number of methoxy groups -OCH3 is 1. The lowest BCUT2D eigenvalue weighted by atomic mass is 10.2. The fraction of sp³-hybridized carbons (Fsp3) is 0.500. The Kier molecular flexibility index (Phi) is 12.1. The number of allylic oxidation sites excluding steroid dienone is 1. The van der Waals surface area contributed by atoms with Crippen molar-refractivity contribution in [2.75, 3.05) is 20.7 Å². The van der Waals surface area contributed by atoms with Gasteiger partial charge in [0.25, 0.3) is 0 Å². The number of benzene rings is 1. The Morgan fingerprint density at radius 1 is 1.23 bits per heavy atom. The fourth-order valence-electron chi connectivity index (χ4n) is 2.89. The first kappa shape index (κ1) is 25.9. The van der Waals surface area contributed by atoms with Crippen LogP contribution in [-0.4, -0.2) is 46.3 Å². The summed E-state index contributed by atoms with van der Waals surface area (Å²) in [6.07, 6.45) is 6.55. The number of guanidine groups is 1. The highest BCUT2D eigenvalue weighted by Gasteiger charge is 2.10. The summed E-state index contributed by atoms with van der Waals surface area (Å²) in [4.78, 5) is 7.01. The second-order valence-electron chi connectivity index (χ2n) is 7.12. The van der Waals surface area contributed by atoms with Gasteiger partial charge in [-0.25, -0.2) is 4.99 Å². The molecule has 1 aromatic heterocycles. The van der Waals surface area contributed by atoms with E-state index in [0.717, 1.165) is 48.3 Å². The van der Waals surface area contributed by atoms with Crippen molar-refractivity contribution in [3.05, 3.63) is 54.1 Å². The van der Waals surface area contributed by atoms with Gasteiger partial charge in [-0.3, -0.25) is 0 Å². The summed E-state index contributed by atoms with van der Waals surface area (Å²) in [7, 11) is 5.73. The third kappa shape index (κ3) is 8.33. The van der Waals surface area contributed by atoms with Gasteiger partial charge in [-0.1, -0.05) is 24.6 Å². The number of ether oxygens (including phenoxy) is 1. The monoisotopic (exact) mass is 526 g/mol. The van der Waals surface area contributed by atoms with Crippen molar-refractivity contribution in [2.45, 2.75) is 45.7 Å². The molecule has 0 saturated carbocycles. The maximum atomic E-state index is 5.23. The average Bonchev–Trinajstić information content (AvgIpc) is 3.06. The molecule has 0 spiro atoms. The maximum absolute atomic E-state index is 5.23. The second kappa shape index (κ2) is 14.0. The van der Waals surface area contributed by atoms with E-state index in [0.29, 0.717) is 13.1 Å². The molecule has 8 heteroatoms. The topological polar surface area (TPSA) is 67.6 Å². The Labute approximate surface area is 197 Å². The predicted molar refractivity (Wildman–Crippen MR) is 133 cm³/mol. The van der Waals surface area contributed by atoms with Crippen LogP contribution in [0.4, 0.5) is 0 Å². The number of aryl methyl sites for hydroxylation is 1. The van der Waals surface area contributed by atoms with Crippen molar-refractivity contribution in [1.82, 2.24) is 25.0 Å². The Balaban J connectivity index is 0.00000450. The van der Waals surface area contributed by atoms with E-state index in [4.69, 9.17) is 9.73 Å². The van der Waals surface area contributed by atoms with E-state index in [-0.39, 0.29) is 24.0 Å². The van der Waals surface area contributed by atoms with E-state index in [1.54, 1.807) is 7.11 Å². The van der Waals surface area contributed by atoms with Crippen molar-refractivity contribution >= 4 is 29.9 Å². The molecule has 0 radical (unpaired) electrons. The van der Waals surface area contributed by atoms with Gasteiger partial charge in [-0.15, -0.1) is 40.8 Å². The van der Waals surface area contributed by atoms with E-state index in [1.165, 1.54) is 12.8 Å². The molecule has 0 unspecified atom stereocenters. The van der Waals surface area contributed by atoms with Crippen LogP contribution in [0.5, 0.6) is 5.75 Å². The molecule has 1 aromatic carbocycles. The van der Waals surface area contributed by atoms with Crippen LogP contribution in [0.2, 0.25) is 0 Å². The lowest BCUT2D eigenvalue weighted by molar-refractivity contribution is 0.414. The lowest BCUT2D eigenvalue weighted by Gasteiger charge is -2.22. The van der Waals surface area contributed by atoms with Gasteiger partial charge in [0.2, 0.25) is 0 Å². The molecule has 0 aliphatic heterocycles. The largest absolute Gasteiger partial charge is 0.497 e. The van der Waals surface area contributed by atoms with Gasteiger partial charge >= 0.3 is 0 Å². The summed E-state index contributed by atoms with van der Waals surface area (Å²) in [6, 6.07) is 8.01. The Hall–Kier alpha value is -2.10. The maximum Gasteiger partial charge on any atom is 0.194 e. The molecule has 1 heterocycles. The summed E-state index contributed by atoms with van der Waals surface area (Å²) in [5.41, 5.74) is 1.14. The molecule has 0 aliphatic carbocycles. The van der Waals surface area contributed by atoms with Crippen LogP contribution < -0.4 is 10.1 Å². The van der Waals surface area contributed by atoms with Crippen LogP contribution in [-0.2, 0) is 20.1 Å². The van der Waals surface area contributed by atoms with Crippen molar-refractivity contribution in [3.8, 4) is 5.75 Å². The molecular weight excluding hydrogens is 491 g/mol. The van der Waals surface area contributed by atoms with E-state index >= 15 is 0 Å². The number of rotatable bonds is 11. The molecule has 0 atom stereocenters. The van der Waals surface area contributed by atoms with Crippen molar-refractivity contribution in [3.63, 3.8) is 0 Å². The number of aliphatic imine (C=N–C) groups is 1. The number of unbranched alkanes of at least 4 members (excludes halogenated alkanes) is 3. The van der Waals surface area contributed by atoms with E-state index in [9.17, 15) is 0 Å². The highest BCUT2D eigenvalue weighted by molar-refractivity contribution is 14.0. The SMILES string of the molecule is C=CCCCCCN(C)C(=NCc1ccc(OC)cc1)NCc1nnc(C)n1C.I. The van der Waals surface area contributed by atoms with E-state index < -0.39 is 0 Å². The van der Waals surface area contributed by atoms with Gasteiger partial charge < -0.3 is 19.5 Å². The van der Waals surface area contributed by atoms with Crippen LogP contribution in [0.15, 0.2) is 41.9 Å². The van der Waals surface area contributed by atoms with Gasteiger partial charge in [0.1, 0.15) is 11.6 Å². The molecule has 2 rings (SSSR count). The van der Waals surface area contributed by atoms with Crippen LogP contribution in [0, 0.1) is 6.92 Å². The Morgan fingerprint density at radius 2 is 1.97 bits per heavy atom. The smallest absolute Gasteiger partial charge is 0.194 e. The molecule has 7 nitrogen and oxygen atoms in total. The first-order valence-electron chi connectivity index (χ1n) is 10.1. The lowest BCUT2D eigenvalue weighted by Crippen LogP contribution is -2.39. The van der Waals surface area contributed by atoms with Crippen molar-refractivity contribution in [1.29, 1.82) is 0 Å². The molecule has 0 aliphatic rings. The second-order valence-corrected chi connectivity index (χ2v) is 7.12. The Bertz CT molecular complexity index is 787. The third-order valence-corrected chi connectivity index (χ3v) is 4.92. The minimum atomic E-state index is 0. The number of nitrogens with one attached hydrogen (secondary N) is 1. The van der Waals surface area contributed by atoms with Crippen molar-refractivity contribution in [2.24, 2.45) is 12.0 Å². The fourth-order valence-corrected chi connectivity index (χ4v) is 2.89. The standard InChI is InChI=1S/C22H34N6O.HI/c1-6-7-8-9-10-15-27(3)22(24-17-21-26-25-18(2)28(21)4)23-16-19-11-13-20(29-5)14-12-19;/h6,11-14H,1,7-10,15-17H2,2-5H3,(H,23,24);1H. The molecule has 0 saturated heterocycles. The highest BCUT2D eigenvalue weighted by Crippen LogP contribution is 2.12. The molecule has 0 fully saturated rings. The summed E-state index contributed by atoms with van der Waals surface area (Å²) in [5, 5.41) is 11.8.